The number of hydrogen-bond acceptors (Lipinski definition) is 1. The van der Waals surface area contributed by atoms with Gasteiger partial charge in [0.05, 0.1) is 5.56 Å². The highest BCUT2D eigenvalue weighted by molar-refractivity contribution is 5.46. The van der Waals surface area contributed by atoms with Crippen LogP contribution in [0.4, 0.5) is 27.6 Å². The molecule has 0 amide bonds. The van der Waals surface area contributed by atoms with E-state index in [9.17, 15) is 22.0 Å². The van der Waals surface area contributed by atoms with Crippen LogP contribution in [0.1, 0.15) is 24.0 Å². The third kappa shape index (κ3) is 4.20. The van der Waals surface area contributed by atoms with E-state index in [1.165, 1.54) is 12.1 Å². The quantitative estimate of drug-likeness (QED) is 0.639. The average Bonchev–Trinajstić information content (AvgIpc) is 2.18. The van der Waals surface area contributed by atoms with Crippen LogP contribution in [0.5, 0.6) is 0 Å². The Labute approximate surface area is 95.4 Å². The fourth-order valence-corrected chi connectivity index (χ4v) is 1.52. The Morgan fingerprint density at radius 2 is 1.82 bits per heavy atom. The van der Waals surface area contributed by atoms with Gasteiger partial charge < -0.3 is 5.73 Å². The fraction of sp³-hybridized carbons (Fsp3) is 0.455. The zero-order valence-electron chi connectivity index (χ0n) is 8.90. The van der Waals surface area contributed by atoms with Gasteiger partial charge in [-0.3, -0.25) is 0 Å². The second-order valence-corrected chi connectivity index (χ2v) is 3.70. The molecular formula is C11H12F5N. The van der Waals surface area contributed by atoms with Crippen LogP contribution >= 0.6 is 0 Å². The smallest absolute Gasteiger partial charge is 0.399 e. The van der Waals surface area contributed by atoms with Crippen LogP contribution in [0.25, 0.3) is 0 Å². The number of nitrogens with two attached hydrogens (primary N) is 1. The molecule has 1 rings (SSSR count). The molecule has 0 heterocycles. The number of nitrogen functional groups attached to an aromatic ring is 1. The molecule has 2 N–H and O–H groups in total. The summed E-state index contributed by atoms with van der Waals surface area (Å²) in [5.41, 5.74) is 4.46. The summed E-state index contributed by atoms with van der Waals surface area (Å²) in [4.78, 5) is 0. The van der Waals surface area contributed by atoms with Gasteiger partial charge in [-0.15, -0.1) is 0 Å². The Kier molecular flexibility index (Phi) is 4.31. The lowest BCUT2D eigenvalue weighted by Crippen LogP contribution is -2.10. The third-order valence-corrected chi connectivity index (χ3v) is 2.31. The molecule has 17 heavy (non-hydrogen) atoms. The first-order valence-corrected chi connectivity index (χ1v) is 5.04. The van der Waals surface area contributed by atoms with E-state index < -0.39 is 24.6 Å². The molecule has 1 aromatic rings. The standard InChI is InChI=1S/C11H12F5N/c12-10(13)3-1-2-7-4-5-8(17)6-9(7)11(14,15)16/h4-6,10H,1-3,17H2. The minimum absolute atomic E-state index is 0.00681. The van der Waals surface area contributed by atoms with Gasteiger partial charge in [-0.25, -0.2) is 8.78 Å². The normalized spacial score (nSPS) is 12.1. The fourth-order valence-electron chi connectivity index (χ4n) is 1.52. The van der Waals surface area contributed by atoms with E-state index in [1.807, 2.05) is 0 Å². The summed E-state index contributed by atoms with van der Waals surface area (Å²) in [6.45, 7) is 0. The van der Waals surface area contributed by atoms with Crippen LogP contribution in [0.15, 0.2) is 18.2 Å². The van der Waals surface area contributed by atoms with Gasteiger partial charge >= 0.3 is 6.18 Å². The second kappa shape index (κ2) is 5.33. The summed E-state index contributed by atoms with van der Waals surface area (Å²) in [5, 5.41) is 0. The van der Waals surface area contributed by atoms with Crippen molar-refractivity contribution in [3.63, 3.8) is 0 Å². The number of benzene rings is 1. The number of anilines is 1. The third-order valence-electron chi connectivity index (χ3n) is 2.31. The van der Waals surface area contributed by atoms with Crippen LogP contribution in [-0.2, 0) is 12.6 Å². The summed E-state index contributed by atoms with van der Waals surface area (Å²) < 4.78 is 61.6. The van der Waals surface area contributed by atoms with Gasteiger partial charge in [-0.1, -0.05) is 6.07 Å². The minimum atomic E-state index is -4.50. The Hall–Kier alpha value is -1.33. The van der Waals surface area contributed by atoms with Crippen LogP contribution in [-0.4, -0.2) is 6.43 Å². The summed E-state index contributed by atoms with van der Waals surface area (Å²) in [6, 6.07) is 3.41. The van der Waals surface area contributed by atoms with Gasteiger partial charge in [-0.2, -0.15) is 13.2 Å². The number of alkyl halides is 5. The second-order valence-electron chi connectivity index (χ2n) is 3.70. The predicted molar refractivity (Wildman–Crippen MR) is 54.8 cm³/mol. The molecule has 0 bridgehead atoms. The molecule has 0 aromatic heterocycles. The van der Waals surface area contributed by atoms with Gasteiger partial charge in [0.1, 0.15) is 0 Å². The molecule has 0 radical (unpaired) electrons. The van der Waals surface area contributed by atoms with Gasteiger partial charge in [-0.05, 0) is 30.5 Å². The molecule has 0 unspecified atom stereocenters. The zero-order chi connectivity index (χ0) is 13.1. The van der Waals surface area contributed by atoms with E-state index in [0.29, 0.717) is 0 Å². The highest BCUT2D eigenvalue weighted by Gasteiger charge is 2.33. The average molecular weight is 253 g/mol. The maximum Gasteiger partial charge on any atom is 0.416 e. The zero-order valence-corrected chi connectivity index (χ0v) is 8.90. The SMILES string of the molecule is Nc1ccc(CCCC(F)F)c(C(F)(F)F)c1. The van der Waals surface area contributed by atoms with Crippen molar-refractivity contribution in [3.05, 3.63) is 29.3 Å². The van der Waals surface area contributed by atoms with Crippen molar-refractivity contribution >= 4 is 5.69 Å². The van der Waals surface area contributed by atoms with Gasteiger partial charge in [0.15, 0.2) is 0 Å². The molecule has 0 spiro atoms. The topological polar surface area (TPSA) is 26.0 Å². The molecule has 6 heteroatoms. The van der Waals surface area contributed by atoms with Crippen molar-refractivity contribution in [3.8, 4) is 0 Å². The van der Waals surface area contributed by atoms with E-state index >= 15 is 0 Å². The van der Waals surface area contributed by atoms with Gasteiger partial charge in [0, 0.05) is 12.1 Å². The molecule has 0 fully saturated rings. The molecule has 1 nitrogen and oxygen atoms in total. The number of rotatable bonds is 4. The van der Waals surface area contributed by atoms with Gasteiger partial charge in [0.2, 0.25) is 6.43 Å². The summed E-state index contributed by atoms with van der Waals surface area (Å²) in [5.74, 6) is 0. The molecule has 0 aliphatic rings. The lowest BCUT2D eigenvalue weighted by molar-refractivity contribution is -0.138. The van der Waals surface area contributed by atoms with Crippen molar-refractivity contribution in [2.75, 3.05) is 5.73 Å². The first-order valence-electron chi connectivity index (χ1n) is 5.04. The van der Waals surface area contributed by atoms with Crippen LogP contribution in [0, 0.1) is 0 Å². The minimum Gasteiger partial charge on any atom is -0.399 e. The highest BCUT2D eigenvalue weighted by Crippen LogP contribution is 2.34. The molecular weight excluding hydrogens is 241 g/mol. The molecule has 0 saturated carbocycles. The van der Waals surface area contributed by atoms with Crippen LogP contribution in [0.3, 0.4) is 0 Å². The lowest BCUT2D eigenvalue weighted by Gasteiger charge is -2.13. The predicted octanol–water partition coefficient (Wildman–Crippen LogP) is 3.88. The molecule has 0 atom stereocenters. The van der Waals surface area contributed by atoms with Crippen molar-refractivity contribution < 1.29 is 22.0 Å². The van der Waals surface area contributed by atoms with E-state index in [2.05, 4.69) is 0 Å². The van der Waals surface area contributed by atoms with Crippen molar-refractivity contribution in [1.82, 2.24) is 0 Å². The molecule has 0 aliphatic heterocycles. The van der Waals surface area contributed by atoms with Crippen LogP contribution < -0.4 is 5.73 Å². The Morgan fingerprint density at radius 1 is 1.18 bits per heavy atom. The van der Waals surface area contributed by atoms with Gasteiger partial charge in [0.25, 0.3) is 0 Å². The molecule has 0 aliphatic carbocycles. The number of halogens is 5. The van der Waals surface area contributed by atoms with E-state index in [-0.39, 0.29) is 24.1 Å². The Morgan fingerprint density at radius 3 is 2.35 bits per heavy atom. The first kappa shape index (κ1) is 13.7. The van der Waals surface area contributed by atoms with Crippen LogP contribution in [0.2, 0.25) is 0 Å². The number of hydrogen-bond donors (Lipinski definition) is 1. The maximum absolute atomic E-state index is 12.6. The Balaban J connectivity index is 2.84. The number of aryl methyl sites for hydroxylation is 1. The van der Waals surface area contributed by atoms with E-state index in [4.69, 9.17) is 5.73 Å². The van der Waals surface area contributed by atoms with Crippen molar-refractivity contribution in [1.29, 1.82) is 0 Å². The molecule has 96 valence electrons. The lowest BCUT2D eigenvalue weighted by atomic mass is 10.0. The maximum atomic E-state index is 12.6. The Bertz CT molecular complexity index is 373. The van der Waals surface area contributed by atoms with Crippen molar-refractivity contribution in [2.45, 2.75) is 31.9 Å². The summed E-state index contributed by atoms with van der Waals surface area (Å²) in [7, 11) is 0. The highest BCUT2D eigenvalue weighted by atomic mass is 19.4. The first-order chi connectivity index (χ1) is 7.80. The van der Waals surface area contributed by atoms with E-state index in [1.54, 1.807) is 0 Å². The monoisotopic (exact) mass is 253 g/mol. The summed E-state index contributed by atoms with van der Waals surface area (Å²) in [6.07, 6.45) is -7.40. The summed E-state index contributed by atoms with van der Waals surface area (Å²) >= 11 is 0. The largest absolute Gasteiger partial charge is 0.416 e. The van der Waals surface area contributed by atoms with E-state index in [0.717, 1.165) is 6.07 Å². The molecule has 0 saturated heterocycles. The molecule has 1 aromatic carbocycles. The van der Waals surface area contributed by atoms with Crippen molar-refractivity contribution in [2.24, 2.45) is 0 Å².